The van der Waals surface area contributed by atoms with E-state index in [1.165, 1.54) is 29.0 Å². The van der Waals surface area contributed by atoms with E-state index in [-0.39, 0.29) is 17.2 Å². The Morgan fingerprint density at radius 1 is 1.13 bits per heavy atom. The smallest absolute Gasteiger partial charge is 0.333 e. The van der Waals surface area contributed by atoms with Crippen LogP contribution in [-0.2, 0) is 18.3 Å². The van der Waals surface area contributed by atoms with Gasteiger partial charge < -0.3 is 4.90 Å². The first kappa shape index (κ1) is 19.1. The molecule has 1 aromatic carbocycles. The Labute approximate surface area is 179 Å². The molecular weight excluding hydrogens is 430 g/mol. The minimum atomic E-state index is -3.66. The van der Waals surface area contributed by atoms with Gasteiger partial charge in [0.1, 0.15) is 5.69 Å². The number of carbonyl (C=O) groups excluding carboxylic acids is 1. The van der Waals surface area contributed by atoms with Gasteiger partial charge in [-0.3, -0.25) is 4.79 Å². The molecule has 0 aliphatic carbocycles. The number of hydrogen-bond acceptors (Lipinski definition) is 4. The summed E-state index contributed by atoms with van der Waals surface area (Å²) >= 11 is 6.73. The molecule has 0 atom stereocenters. The first-order chi connectivity index (χ1) is 14.4. The third-order valence-electron chi connectivity index (χ3n) is 5.13. The molecule has 5 rings (SSSR count). The van der Waals surface area contributed by atoms with Crippen molar-refractivity contribution in [3.05, 3.63) is 76.4 Å². The summed E-state index contributed by atoms with van der Waals surface area (Å²) in [4.78, 5) is 19.9. The van der Waals surface area contributed by atoms with Gasteiger partial charge in [-0.25, -0.2) is 9.50 Å². The molecule has 1 amide bonds. The summed E-state index contributed by atoms with van der Waals surface area (Å²) in [5.41, 5.74) is 2.33. The summed E-state index contributed by atoms with van der Waals surface area (Å²) in [6, 6.07) is 14.2. The van der Waals surface area contributed by atoms with Crippen LogP contribution in [0.15, 0.2) is 53.9 Å². The standard InChI is InChI=1S/C21H15ClF2N4OS/c22-21(23,24)18-10-15(17-6-3-9-30-17)25-19-11-16(26-28(18)19)20(29)27-8-7-13-4-1-2-5-14(13)12-27/h1-6,9-11H,7-8,12H2. The van der Waals surface area contributed by atoms with Crippen LogP contribution in [0.2, 0.25) is 0 Å². The molecule has 0 saturated heterocycles. The number of thiophene rings is 1. The predicted octanol–water partition coefficient (Wildman–Crippen LogP) is 4.94. The molecule has 0 saturated carbocycles. The maximum atomic E-state index is 14.1. The number of alkyl halides is 3. The van der Waals surface area contributed by atoms with Gasteiger partial charge in [-0.05, 0) is 46.7 Å². The molecule has 1 aliphatic heterocycles. The third kappa shape index (κ3) is 3.36. The topological polar surface area (TPSA) is 50.5 Å². The molecule has 4 heterocycles. The van der Waals surface area contributed by atoms with Crippen molar-refractivity contribution in [2.45, 2.75) is 18.3 Å². The monoisotopic (exact) mass is 444 g/mol. The lowest BCUT2D eigenvalue weighted by atomic mass is 10.00. The Hall–Kier alpha value is -2.84. The minimum Gasteiger partial charge on any atom is -0.333 e. The van der Waals surface area contributed by atoms with Crippen LogP contribution in [0.3, 0.4) is 0 Å². The normalized spacial score (nSPS) is 14.2. The van der Waals surface area contributed by atoms with Gasteiger partial charge in [0.15, 0.2) is 11.3 Å². The van der Waals surface area contributed by atoms with Crippen molar-refractivity contribution in [3.8, 4) is 10.6 Å². The first-order valence-electron chi connectivity index (χ1n) is 9.28. The number of aromatic nitrogens is 3. The van der Waals surface area contributed by atoms with Crippen LogP contribution in [-0.4, -0.2) is 31.9 Å². The summed E-state index contributed by atoms with van der Waals surface area (Å²) in [7, 11) is 0. The SMILES string of the molecule is O=C(c1cc2nc(-c3cccs3)cc(C(F)(F)Cl)n2n1)N1CCc2ccccc2C1. The zero-order valence-electron chi connectivity index (χ0n) is 15.6. The van der Waals surface area contributed by atoms with Gasteiger partial charge in [-0.2, -0.15) is 13.9 Å². The molecule has 0 unspecified atom stereocenters. The van der Waals surface area contributed by atoms with E-state index in [1.54, 1.807) is 11.0 Å². The first-order valence-corrected chi connectivity index (χ1v) is 10.5. The Morgan fingerprint density at radius 3 is 2.67 bits per heavy atom. The van der Waals surface area contributed by atoms with Gasteiger partial charge >= 0.3 is 5.38 Å². The average Bonchev–Trinajstić information content (AvgIpc) is 3.41. The number of carbonyl (C=O) groups is 1. The van der Waals surface area contributed by atoms with E-state index >= 15 is 0 Å². The highest BCUT2D eigenvalue weighted by Gasteiger charge is 2.34. The average molecular weight is 445 g/mol. The van der Waals surface area contributed by atoms with Gasteiger partial charge in [0, 0.05) is 19.2 Å². The number of benzene rings is 1. The molecule has 3 aromatic heterocycles. The molecule has 0 fully saturated rings. The summed E-state index contributed by atoms with van der Waals surface area (Å²) in [6.07, 6.45) is 0.737. The second-order valence-electron chi connectivity index (χ2n) is 7.05. The van der Waals surface area contributed by atoms with Gasteiger partial charge in [0.05, 0.1) is 10.6 Å². The maximum absolute atomic E-state index is 14.1. The lowest BCUT2D eigenvalue weighted by Crippen LogP contribution is -2.36. The fourth-order valence-corrected chi connectivity index (χ4v) is 4.48. The van der Waals surface area contributed by atoms with E-state index in [0.717, 1.165) is 21.4 Å². The molecule has 0 N–H and O–H groups in total. The van der Waals surface area contributed by atoms with Crippen molar-refractivity contribution in [1.29, 1.82) is 0 Å². The lowest BCUT2D eigenvalue weighted by Gasteiger charge is -2.28. The number of hydrogen-bond donors (Lipinski definition) is 0. The lowest BCUT2D eigenvalue weighted by molar-refractivity contribution is 0.0724. The molecule has 4 aromatic rings. The van der Waals surface area contributed by atoms with Crippen molar-refractivity contribution in [2.75, 3.05) is 6.54 Å². The van der Waals surface area contributed by atoms with Gasteiger partial charge in [0.25, 0.3) is 5.91 Å². The third-order valence-corrected chi connectivity index (χ3v) is 6.21. The minimum absolute atomic E-state index is 0.0624. The van der Waals surface area contributed by atoms with Crippen LogP contribution >= 0.6 is 22.9 Å². The summed E-state index contributed by atoms with van der Waals surface area (Å²) in [5, 5.41) is 2.30. The fourth-order valence-electron chi connectivity index (χ4n) is 3.66. The van der Waals surface area contributed by atoms with Gasteiger partial charge in [-0.15, -0.1) is 11.3 Å². The van der Waals surface area contributed by atoms with Crippen LogP contribution in [0.1, 0.15) is 27.3 Å². The predicted molar refractivity (Wildman–Crippen MR) is 111 cm³/mol. The Morgan fingerprint density at radius 2 is 1.93 bits per heavy atom. The maximum Gasteiger partial charge on any atom is 0.364 e. The largest absolute Gasteiger partial charge is 0.364 e. The number of amides is 1. The molecular formula is C21H15ClF2N4OS. The molecule has 0 spiro atoms. The Bertz CT molecular complexity index is 1250. The van der Waals surface area contributed by atoms with E-state index in [4.69, 9.17) is 11.6 Å². The summed E-state index contributed by atoms with van der Waals surface area (Å²) in [6.45, 7) is 0.991. The number of nitrogens with zero attached hydrogens (tertiary/aromatic N) is 4. The highest BCUT2D eigenvalue weighted by molar-refractivity contribution is 7.13. The fraction of sp³-hybridized carbons (Fsp3) is 0.190. The Balaban J connectivity index is 1.55. The van der Waals surface area contributed by atoms with Crippen molar-refractivity contribution in [1.82, 2.24) is 19.5 Å². The Kier molecular flexibility index (Phi) is 4.56. The summed E-state index contributed by atoms with van der Waals surface area (Å²) < 4.78 is 29.2. The van der Waals surface area contributed by atoms with Crippen molar-refractivity contribution in [3.63, 3.8) is 0 Å². The number of halogens is 3. The van der Waals surface area contributed by atoms with E-state index in [2.05, 4.69) is 10.1 Å². The molecule has 152 valence electrons. The molecule has 1 aliphatic rings. The van der Waals surface area contributed by atoms with Crippen LogP contribution < -0.4 is 0 Å². The van der Waals surface area contributed by atoms with E-state index in [0.29, 0.717) is 18.8 Å². The van der Waals surface area contributed by atoms with Crippen LogP contribution in [0.4, 0.5) is 8.78 Å². The highest BCUT2D eigenvalue weighted by atomic mass is 35.5. The zero-order valence-corrected chi connectivity index (χ0v) is 17.1. The second-order valence-corrected chi connectivity index (χ2v) is 8.47. The molecule has 0 bridgehead atoms. The quantitative estimate of drug-likeness (QED) is 0.420. The van der Waals surface area contributed by atoms with Crippen LogP contribution in [0.5, 0.6) is 0 Å². The molecule has 0 radical (unpaired) electrons. The number of fused-ring (bicyclic) bond motifs is 2. The number of rotatable bonds is 3. The van der Waals surface area contributed by atoms with Crippen molar-refractivity contribution >= 4 is 34.5 Å². The van der Waals surface area contributed by atoms with E-state index in [1.807, 2.05) is 35.7 Å². The van der Waals surface area contributed by atoms with E-state index in [9.17, 15) is 13.6 Å². The van der Waals surface area contributed by atoms with Gasteiger partial charge in [0.2, 0.25) is 0 Å². The highest BCUT2D eigenvalue weighted by Crippen LogP contribution is 2.35. The van der Waals surface area contributed by atoms with Crippen LogP contribution in [0, 0.1) is 0 Å². The second kappa shape index (κ2) is 7.14. The summed E-state index contributed by atoms with van der Waals surface area (Å²) in [5.74, 6) is -0.323. The molecule has 9 heteroatoms. The van der Waals surface area contributed by atoms with E-state index < -0.39 is 11.1 Å². The van der Waals surface area contributed by atoms with Crippen molar-refractivity contribution < 1.29 is 13.6 Å². The van der Waals surface area contributed by atoms with Crippen LogP contribution in [0.25, 0.3) is 16.2 Å². The van der Waals surface area contributed by atoms with Gasteiger partial charge in [-0.1, -0.05) is 30.3 Å². The molecule has 30 heavy (non-hydrogen) atoms. The zero-order chi connectivity index (χ0) is 20.9. The molecule has 5 nitrogen and oxygen atoms in total. The van der Waals surface area contributed by atoms with Crippen molar-refractivity contribution in [2.24, 2.45) is 0 Å².